The van der Waals surface area contributed by atoms with Crippen LogP contribution >= 0.6 is 0 Å². The van der Waals surface area contributed by atoms with Crippen molar-refractivity contribution in [2.45, 2.75) is 40.8 Å². The van der Waals surface area contributed by atoms with Crippen molar-refractivity contribution in [3.63, 3.8) is 0 Å². The Morgan fingerprint density at radius 2 is 0.964 bits per heavy atom. The molecule has 0 nitrogen and oxygen atoms in total. The first kappa shape index (κ1) is 29.5. The minimum atomic E-state index is 0. The Morgan fingerprint density at radius 3 is 1.25 bits per heavy atom. The second-order valence-corrected chi connectivity index (χ2v) is 7.72. The molecule has 0 bridgehead atoms. The third-order valence-corrected chi connectivity index (χ3v) is 4.23. The molecule has 4 aromatic carbocycles. The van der Waals surface area contributed by atoms with Crippen molar-refractivity contribution >= 4 is 31.1 Å². The van der Waals surface area contributed by atoms with E-state index in [4.69, 9.17) is 0 Å². The van der Waals surface area contributed by atoms with Crippen LogP contribution in [0.25, 0.3) is 21.5 Å². The van der Waals surface area contributed by atoms with E-state index in [9.17, 15) is 0 Å². The standard InChI is InChI=1S/2C11H11.C2H6Si.2ClH.Zr/c2*1-8-6-10-5-3-4-9(2)11(10)7-8;1-3-2;;;/h2*3-7H,1-2H3;1-2H3;2*1H;/q2*-1;;;;+4/p-2. The summed E-state index contributed by atoms with van der Waals surface area (Å²) >= 11 is 0. The molecule has 0 saturated heterocycles. The molecular formula is C24H28Cl2SiZr. The second-order valence-electron chi connectivity index (χ2n) is 6.72. The van der Waals surface area contributed by atoms with Crippen molar-refractivity contribution in [3.05, 3.63) is 82.9 Å². The number of halogens is 2. The van der Waals surface area contributed by atoms with Gasteiger partial charge in [0, 0.05) is 9.52 Å². The quantitative estimate of drug-likeness (QED) is 0.248. The SMILES string of the molecule is C[Si]C.Cc1cc2c(C)cccc2[cH-]1.Cc1cc2c(C)cccc2[cH-]1.[Cl-].[Cl-].[Zr+4]. The largest absolute Gasteiger partial charge is 4.00 e. The van der Waals surface area contributed by atoms with E-state index in [0.717, 1.165) is 9.52 Å². The number of hydrogen-bond donors (Lipinski definition) is 0. The Labute approximate surface area is 204 Å². The summed E-state index contributed by atoms with van der Waals surface area (Å²) in [5.41, 5.74) is 5.45. The smallest absolute Gasteiger partial charge is 1.00 e. The molecule has 0 fully saturated rings. The van der Waals surface area contributed by atoms with Crippen molar-refractivity contribution < 1.29 is 51.0 Å². The van der Waals surface area contributed by atoms with Crippen LogP contribution in [0.2, 0.25) is 13.1 Å². The number of fused-ring (bicyclic) bond motifs is 2. The van der Waals surface area contributed by atoms with Gasteiger partial charge >= 0.3 is 26.2 Å². The molecule has 4 heteroatoms. The average Bonchev–Trinajstić information content (AvgIpc) is 3.12. The van der Waals surface area contributed by atoms with Crippen LogP contribution in [0.4, 0.5) is 0 Å². The summed E-state index contributed by atoms with van der Waals surface area (Å²) in [5.74, 6) is 0. The molecule has 4 aromatic rings. The number of hydrogen-bond acceptors (Lipinski definition) is 0. The maximum absolute atomic E-state index is 2.24. The fraction of sp³-hybridized carbons (Fsp3) is 0.250. The molecule has 0 aliphatic rings. The molecule has 0 amide bonds. The number of benzene rings is 2. The summed E-state index contributed by atoms with van der Waals surface area (Å²) in [4.78, 5) is 0. The Kier molecular flexibility index (Phi) is 15.1. The first-order valence-corrected chi connectivity index (χ1v) is 10.8. The Bertz CT molecular complexity index is 876. The van der Waals surface area contributed by atoms with Crippen LogP contribution in [0.15, 0.2) is 60.7 Å². The van der Waals surface area contributed by atoms with Crippen LogP contribution in [0.3, 0.4) is 0 Å². The predicted octanol–water partition coefficient (Wildman–Crippen LogP) is 1.14. The Hall–Kier alpha value is -0.660. The van der Waals surface area contributed by atoms with E-state index in [1.54, 1.807) is 0 Å². The van der Waals surface area contributed by atoms with Crippen molar-refractivity contribution in [3.8, 4) is 0 Å². The van der Waals surface area contributed by atoms with Gasteiger partial charge in [0.15, 0.2) is 0 Å². The molecule has 4 rings (SSSR count). The van der Waals surface area contributed by atoms with Crippen molar-refractivity contribution in [2.75, 3.05) is 0 Å². The van der Waals surface area contributed by atoms with Gasteiger partial charge in [-0.15, -0.1) is 69.1 Å². The van der Waals surface area contributed by atoms with Gasteiger partial charge in [-0.05, 0) is 13.8 Å². The molecule has 0 saturated carbocycles. The molecule has 0 spiro atoms. The monoisotopic (exact) mass is 504 g/mol. The van der Waals surface area contributed by atoms with Gasteiger partial charge in [-0.3, -0.25) is 0 Å². The fourth-order valence-electron chi connectivity index (χ4n) is 3.08. The van der Waals surface area contributed by atoms with E-state index in [2.05, 4.69) is 101 Å². The minimum absolute atomic E-state index is 0. The van der Waals surface area contributed by atoms with Gasteiger partial charge in [0.2, 0.25) is 0 Å². The summed E-state index contributed by atoms with van der Waals surface area (Å²) < 4.78 is 0. The Balaban J connectivity index is 0. The fourth-order valence-corrected chi connectivity index (χ4v) is 3.08. The van der Waals surface area contributed by atoms with E-state index >= 15 is 0 Å². The third kappa shape index (κ3) is 7.99. The van der Waals surface area contributed by atoms with Gasteiger partial charge in [-0.1, -0.05) is 50.2 Å². The van der Waals surface area contributed by atoms with Crippen LogP contribution in [0.5, 0.6) is 0 Å². The first-order chi connectivity index (χ1) is 12.0. The van der Waals surface area contributed by atoms with Gasteiger partial charge in [0.05, 0.1) is 0 Å². The van der Waals surface area contributed by atoms with Crippen LogP contribution in [0.1, 0.15) is 22.3 Å². The van der Waals surface area contributed by atoms with E-state index < -0.39 is 0 Å². The third-order valence-electron chi connectivity index (χ3n) is 4.23. The topological polar surface area (TPSA) is 0 Å². The molecular weight excluding hydrogens is 478 g/mol. The summed E-state index contributed by atoms with van der Waals surface area (Å²) in [6.07, 6.45) is 0. The van der Waals surface area contributed by atoms with E-state index in [-0.39, 0.29) is 51.0 Å². The maximum atomic E-state index is 2.24. The van der Waals surface area contributed by atoms with Gasteiger partial charge in [-0.2, -0.15) is 12.1 Å². The first-order valence-electron chi connectivity index (χ1n) is 8.80. The normalized spacial score (nSPS) is 9.07. The van der Waals surface area contributed by atoms with Crippen LogP contribution < -0.4 is 24.8 Å². The van der Waals surface area contributed by atoms with Crippen LogP contribution in [-0.4, -0.2) is 9.52 Å². The summed E-state index contributed by atoms with van der Waals surface area (Å²) in [5, 5.41) is 5.51. The molecule has 0 unspecified atom stereocenters. The number of rotatable bonds is 0. The summed E-state index contributed by atoms with van der Waals surface area (Å²) in [6.45, 7) is 12.9. The van der Waals surface area contributed by atoms with Gasteiger partial charge in [-0.25, -0.2) is 0 Å². The van der Waals surface area contributed by atoms with E-state index in [1.807, 2.05) is 0 Å². The molecule has 0 aromatic heterocycles. The van der Waals surface area contributed by atoms with Gasteiger partial charge in [0.25, 0.3) is 0 Å². The van der Waals surface area contributed by atoms with Gasteiger partial charge in [0.1, 0.15) is 0 Å². The molecule has 0 aliphatic heterocycles. The van der Waals surface area contributed by atoms with E-state index in [0.29, 0.717) is 0 Å². The van der Waals surface area contributed by atoms with Crippen molar-refractivity contribution in [1.29, 1.82) is 0 Å². The molecule has 0 aliphatic carbocycles. The molecule has 0 atom stereocenters. The second kappa shape index (κ2) is 14.3. The summed E-state index contributed by atoms with van der Waals surface area (Å²) in [6, 6.07) is 21.8. The molecule has 2 radical (unpaired) electrons. The van der Waals surface area contributed by atoms with E-state index in [1.165, 1.54) is 43.8 Å². The minimum Gasteiger partial charge on any atom is -1.00 e. The Morgan fingerprint density at radius 1 is 0.643 bits per heavy atom. The summed E-state index contributed by atoms with van der Waals surface area (Å²) in [7, 11) is 1.08. The zero-order valence-electron chi connectivity index (χ0n) is 17.5. The molecule has 146 valence electrons. The van der Waals surface area contributed by atoms with Crippen LogP contribution in [0, 0.1) is 27.7 Å². The number of aryl methyl sites for hydroxylation is 4. The predicted molar refractivity (Wildman–Crippen MR) is 116 cm³/mol. The zero-order valence-corrected chi connectivity index (χ0v) is 22.5. The van der Waals surface area contributed by atoms with Crippen molar-refractivity contribution in [1.82, 2.24) is 0 Å². The average molecular weight is 507 g/mol. The van der Waals surface area contributed by atoms with Crippen LogP contribution in [-0.2, 0) is 26.2 Å². The van der Waals surface area contributed by atoms with Crippen molar-refractivity contribution in [2.24, 2.45) is 0 Å². The zero-order chi connectivity index (χ0) is 18.4. The van der Waals surface area contributed by atoms with Gasteiger partial charge < -0.3 is 24.8 Å². The molecule has 0 N–H and O–H groups in total. The molecule has 0 heterocycles. The molecule has 28 heavy (non-hydrogen) atoms. The maximum Gasteiger partial charge on any atom is 4.00 e.